The first-order valence-corrected chi connectivity index (χ1v) is 9.03. The van der Waals surface area contributed by atoms with Crippen LogP contribution in [0.2, 0.25) is 0 Å². The van der Waals surface area contributed by atoms with Crippen molar-refractivity contribution in [3.05, 3.63) is 65.2 Å². The normalized spacial score (nSPS) is 19.3. The van der Waals surface area contributed by atoms with Crippen molar-refractivity contribution in [3.63, 3.8) is 0 Å². The Hall–Kier alpha value is -2.96. The van der Waals surface area contributed by atoms with Crippen LogP contribution in [0.5, 0.6) is 0 Å². The molecule has 144 valence electrons. The van der Waals surface area contributed by atoms with Crippen molar-refractivity contribution in [2.45, 2.75) is 25.9 Å². The van der Waals surface area contributed by atoms with Crippen LogP contribution in [-0.4, -0.2) is 30.9 Å². The average Bonchev–Trinajstić information content (AvgIpc) is 3.19. The van der Waals surface area contributed by atoms with Gasteiger partial charge in [-0.15, -0.1) is 0 Å². The number of rotatable bonds is 3. The molecular weight excluding hydrogens is 360 g/mol. The molecule has 0 N–H and O–H groups in total. The van der Waals surface area contributed by atoms with Gasteiger partial charge in [0.2, 0.25) is 0 Å². The molecule has 2 aromatic carbocycles. The lowest BCUT2D eigenvalue weighted by molar-refractivity contribution is -0.222. The fraction of sp³-hybridized carbons (Fsp3) is 0.273. The number of carbonyl (C=O) groups is 2. The first-order valence-electron chi connectivity index (χ1n) is 9.03. The summed E-state index contributed by atoms with van der Waals surface area (Å²) in [5, 5.41) is 0. The van der Waals surface area contributed by atoms with Gasteiger partial charge in [-0.3, -0.25) is 0 Å². The molecule has 0 amide bonds. The highest BCUT2D eigenvalue weighted by atomic mass is 16.7. The number of benzene rings is 2. The van der Waals surface area contributed by atoms with E-state index >= 15 is 0 Å². The molecule has 2 aromatic rings. The van der Waals surface area contributed by atoms with Crippen LogP contribution in [0.3, 0.4) is 0 Å². The first-order chi connectivity index (χ1) is 13.4. The Bertz CT molecular complexity index is 897. The van der Waals surface area contributed by atoms with Crippen LogP contribution in [0.15, 0.2) is 54.1 Å². The van der Waals surface area contributed by atoms with Gasteiger partial charge in [-0.05, 0) is 22.8 Å². The van der Waals surface area contributed by atoms with Gasteiger partial charge >= 0.3 is 11.9 Å². The van der Waals surface area contributed by atoms with Crippen LogP contribution in [0.1, 0.15) is 31.3 Å². The third-order valence-electron chi connectivity index (χ3n) is 4.48. The Morgan fingerprint density at radius 2 is 1.32 bits per heavy atom. The number of hydrogen-bond acceptors (Lipinski definition) is 6. The van der Waals surface area contributed by atoms with Gasteiger partial charge < -0.3 is 18.9 Å². The van der Waals surface area contributed by atoms with E-state index in [0.29, 0.717) is 18.8 Å². The Balaban J connectivity index is 1.51. The molecule has 0 radical (unpaired) electrons. The average molecular weight is 380 g/mol. The minimum absolute atomic E-state index is 0.118. The van der Waals surface area contributed by atoms with Gasteiger partial charge in [-0.25, -0.2) is 9.59 Å². The van der Waals surface area contributed by atoms with Gasteiger partial charge in [0.15, 0.2) is 6.29 Å². The lowest BCUT2D eigenvalue weighted by Crippen LogP contribution is -2.41. The van der Waals surface area contributed by atoms with Crippen molar-refractivity contribution in [3.8, 4) is 11.1 Å². The zero-order valence-electron chi connectivity index (χ0n) is 15.6. The summed E-state index contributed by atoms with van der Waals surface area (Å²) in [5.74, 6) is -2.61. The standard InChI is InChI=1S/C22H20O6/c1-22(2)27-19(23)18(20(24)28-22)13-14-3-5-15(6-4-14)16-7-9-17(10-8-16)21-25-11-12-26-21/h3-10,13,21H,11-12H2,1-2H3. The van der Waals surface area contributed by atoms with E-state index in [-0.39, 0.29) is 11.9 Å². The summed E-state index contributed by atoms with van der Waals surface area (Å²) in [7, 11) is 0. The topological polar surface area (TPSA) is 71.1 Å². The molecule has 0 aliphatic carbocycles. The smallest absolute Gasteiger partial charge is 0.348 e. The van der Waals surface area contributed by atoms with E-state index in [0.717, 1.165) is 16.7 Å². The summed E-state index contributed by atoms with van der Waals surface area (Å²) in [6.45, 7) is 4.26. The maximum Gasteiger partial charge on any atom is 0.348 e. The molecule has 28 heavy (non-hydrogen) atoms. The monoisotopic (exact) mass is 380 g/mol. The molecule has 2 fully saturated rings. The number of carbonyl (C=O) groups excluding carboxylic acids is 2. The lowest BCUT2D eigenvalue weighted by Gasteiger charge is -2.29. The van der Waals surface area contributed by atoms with Crippen LogP contribution < -0.4 is 0 Å². The number of esters is 2. The highest BCUT2D eigenvalue weighted by Crippen LogP contribution is 2.28. The van der Waals surface area contributed by atoms with E-state index in [1.165, 1.54) is 19.9 Å². The molecule has 0 atom stereocenters. The molecule has 2 aliphatic rings. The van der Waals surface area contributed by atoms with E-state index in [4.69, 9.17) is 18.9 Å². The molecule has 0 unspecified atom stereocenters. The van der Waals surface area contributed by atoms with Gasteiger partial charge in [0, 0.05) is 19.4 Å². The minimum Gasteiger partial charge on any atom is -0.419 e. The van der Waals surface area contributed by atoms with Crippen LogP contribution in [0, 0.1) is 0 Å². The summed E-state index contributed by atoms with van der Waals surface area (Å²) in [4.78, 5) is 24.1. The minimum atomic E-state index is -1.24. The van der Waals surface area contributed by atoms with Crippen molar-refractivity contribution < 1.29 is 28.5 Å². The summed E-state index contributed by atoms with van der Waals surface area (Å²) >= 11 is 0. The third kappa shape index (κ3) is 3.83. The van der Waals surface area contributed by atoms with E-state index in [9.17, 15) is 9.59 Å². The second-order valence-electron chi connectivity index (χ2n) is 7.05. The van der Waals surface area contributed by atoms with Crippen molar-refractivity contribution in [1.82, 2.24) is 0 Å². The zero-order valence-corrected chi connectivity index (χ0v) is 15.6. The molecule has 2 aliphatic heterocycles. The van der Waals surface area contributed by atoms with E-state index in [1.54, 1.807) is 0 Å². The quantitative estimate of drug-likeness (QED) is 0.460. The number of ether oxygens (including phenoxy) is 4. The van der Waals surface area contributed by atoms with Crippen molar-refractivity contribution in [1.29, 1.82) is 0 Å². The molecule has 6 nitrogen and oxygen atoms in total. The molecule has 0 spiro atoms. The molecule has 0 aromatic heterocycles. The molecule has 4 rings (SSSR count). The Morgan fingerprint density at radius 1 is 0.821 bits per heavy atom. The maximum absolute atomic E-state index is 12.0. The molecule has 0 bridgehead atoms. The molecule has 2 saturated heterocycles. The summed E-state index contributed by atoms with van der Waals surface area (Å²) in [6.07, 6.45) is 1.18. The molecular formula is C22H20O6. The van der Waals surface area contributed by atoms with Crippen molar-refractivity contribution in [2.75, 3.05) is 13.2 Å². The SMILES string of the molecule is CC1(C)OC(=O)C(=Cc2ccc(-c3ccc(C4OCCO4)cc3)cc2)C(=O)O1. The highest BCUT2D eigenvalue weighted by Gasteiger charge is 2.38. The molecule has 0 saturated carbocycles. The highest BCUT2D eigenvalue weighted by molar-refractivity contribution is 6.18. The zero-order chi connectivity index (χ0) is 19.7. The predicted octanol–water partition coefficient (Wildman–Crippen LogP) is 3.62. The van der Waals surface area contributed by atoms with Gasteiger partial charge in [-0.2, -0.15) is 0 Å². The maximum atomic E-state index is 12.0. The lowest BCUT2D eigenvalue weighted by atomic mass is 10.0. The fourth-order valence-corrected chi connectivity index (χ4v) is 3.10. The Kier molecular flexibility index (Phi) is 4.75. The molecule has 6 heteroatoms. The van der Waals surface area contributed by atoms with Gasteiger partial charge in [0.05, 0.1) is 13.2 Å². The second kappa shape index (κ2) is 7.22. The van der Waals surface area contributed by atoms with Crippen LogP contribution >= 0.6 is 0 Å². The number of hydrogen-bond donors (Lipinski definition) is 0. The van der Waals surface area contributed by atoms with Crippen LogP contribution in [0.4, 0.5) is 0 Å². The first kappa shape index (κ1) is 18.4. The Labute approximate surface area is 162 Å². The van der Waals surface area contributed by atoms with Crippen molar-refractivity contribution in [2.24, 2.45) is 0 Å². The van der Waals surface area contributed by atoms with E-state index < -0.39 is 17.7 Å². The summed E-state index contributed by atoms with van der Waals surface area (Å²) in [6, 6.07) is 15.5. The van der Waals surface area contributed by atoms with Gasteiger partial charge in [0.25, 0.3) is 5.79 Å². The number of cyclic esters (lactones) is 2. The summed E-state index contributed by atoms with van der Waals surface area (Å²) in [5.41, 5.74) is 3.63. The third-order valence-corrected chi connectivity index (χ3v) is 4.48. The fourth-order valence-electron chi connectivity index (χ4n) is 3.10. The Morgan fingerprint density at radius 3 is 1.86 bits per heavy atom. The molecule has 2 heterocycles. The van der Waals surface area contributed by atoms with E-state index in [1.807, 2.05) is 48.5 Å². The van der Waals surface area contributed by atoms with E-state index in [2.05, 4.69) is 0 Å². The predicted molar refractivity (Wildman–Crippen MR) is 101 cm³/mol. The van der Waals surface area contributed by atoms with Crippen LogP contribution in [-0.2, 0) is 28.5 Å². The van der Waals surface area contributed by atoms with Gasteiger partial charge in [0.1, 0.15) is 5.57 Å². The summed E-state index contributed by atoms with van der Waals surface area (Å²) < 4.78 is 21.2. The van der Waals surface area contributed by atoms with Crippen LogP contribution in [0.25, 0.3) is 17.2 Å². The van der Waals surface area contributed by atoms with Crippen molar-refractivity contribution >= 4 is 18.0 Å². The largest absolute Gasteiger partial charge is 0.419 e. The second-order valence-corrected chi connectivity index (χ2v) is 7.05. The van der Waals surface area contributed by atoms with Gasteiger partial charge in [-0.1, -0.05) is 48.5 Å².